The number of hydrogen-bond donors (Lipinski definition) is 3. The summed E-state index contributed by atoms with van der Waals surface area (Å²) in [6.45, 7) is 8.85. The number of aliphatic carboxylic acids is 1. The molecule has 1 amide bonds. The SMILES string of the molecule is CC(=O)C(NC(=O)CNC(CC(C)C)C(=O)O)C(C)C. The predicted octanol–water partition coefficient (Wildman–Crippen LogP) is 0.805. The van der Waals surface area contributed by atoms with Crippen LogP contribution in [0.4, 0.5) is 0 Å². The minimum absolute atomic E-state index is 0.00221. The van der Waals surface area contributed by atoms with Crippen LogP contribution >= 0.6 is 0 Å². The molecule has 0 aliphatic rings. The Morgan fingerprint density at radius 1 is 1.10 bits per heavy atom. The summed E-state index contributed by atoms with van der Waals surface area (Å²) in [6.07, 6.45) is 0.447. The van der Waals surface area contributed by atoms with Crippen molar-refractivity contribution in [3.63, 3.8) is 0 Å². The number of hydrogen-bond acceptors (Lipinski definition) is 4. The van der Waals surface area contributed by atoms with Crippen molar-refractivity contribution >= 4 is 17.7 Å². The van der Waals surface area contributed by atoms with E-state index in [-0.39, 0.29) is 30.1 Å². The second kappa shape index (κ2) is 8.68. The minimum atomic E-state index is -0.974. The fourth-order valence-corrected chi connectivity index (χ4v) is 1.92. The van der Waals surface area contributed by atoms with Gasteiger partial charge in [-0.15, -0.1) is 0 Å². The van der Waals surface area contributed by atoms with Crippen LogP contribution in [0.25, 0.3) is 0 Å². The van der Waals surface area contributed by atoms with E-state index < -0.39 is 18.1 Å². The summed E-state index contributed by atoms with van der Waals surface area (Å²) in [4.78, 5) is 34.2. The van der Waals surface area contributed by atoms with Crippen molar-refractivity contribution in [1.82, 2.24) is 10.6 Å². The van der Waals surface area contributed by atoms with Gasteiger partial charge in [0.05, 0.1) is 12.6 Å². The summed E-state index contributed by atoms with van der Waals surface area (Å²) in [6, 6.07) is -1.28. The van der Waals surface area contributed by atoms with Crippen molar-refractivity contribution in [2.45, 2.75) is 53.1 Å². The number of Topliss-reactive ketones (excluding diaryl/α,β-unsaturated/α-hetero) is 1. The number of carbonyl (C=O) groups excluding carboxylic acids is 2. The predicted molar refractivity (Wildman–Crippen MR) is 76.3 cm³/mol. The number of carboxylic acids is 1. The van der Waals surface area contributed by atoms with Crippen LogP contribution in [0.3, 0.4) is 0 Å². The lowest BCUT2D eigenvalue weighted by Gasteiger charge is -2.21. The third-order valence-electron chi connectivity index (χ3n) is 2.94. The van der Waals surface area contributed by atoms with E-state index in [0.29, 0.717) is 6.42 Å². The summed E-state index contributed by atoms with van der Waals surface area (Å²) in [7, 11) is 0. The topological polar surface area (TPSA) is 95.5 Å². The fraction of sp³-hybridized carbons (Fsp3) is 0.786. The number of nitrogens with one attached hydrogen (secondary N) is 2. The zero-order chi connectivity index (χ0) is 15.9. The Morgan fingerprint density at radius 2 is 1.65 bits per heavy atom. The van der Waals surface area contributed by atoms with Gasteiger partial charge in [0.25, 0.3) is 0 Å². The molecule has 0 aliphatic carbocycles. The molecule has 0 heterocycles. The van der Waals surface area contributed by atoms with Gasteiger partial charge in [0.1, 0.15) is 6.04 Å². The minimum Gasteiger partial charge on any atom is -0.480 e. The zero-order valence-electron chi connectivity index (χ0n) is 12.9. The highest BCUT2D eigenvalue weighted by Crippen LogP contribution is 2.05. The Morgan fingerprint density at radius 3 is 2.00 bits per heavy atom. The van der Waals surface area contributed by atoms with Crippen LogP contribution in [0.1, 0.15) is 41.0 Å². The first kappa shape index (κ1) is 18.6. The summed E-state index contributed by atoms with van der Waals surface area (Å²) in [5.41, 5.74) is 0. The monoisotopic (exact) mass is 286 g/mol. The van der Waals surface area contributed by atoms with E-state index in [4.69, 9.17) is 5.11 Å². The lowest BCUT2D eigenvalue weighted by atomic mass is 10.0. The molecule has 0 saturated heterocycles. The third kappa shape index (κ3) is 7.23. The number of carboxylic acid groups (broad SMARTS) is 1. The van der Waals surface area contributed by atoms with E-state index in [1.165, 1.54) is 6.92 Å². The average molecular weight is 286 g/mol. The summed E-state index contributed by atoms with van der Waals surface area (Å²) >= 11 is 0. The molecule has 0 saturated carbocycles. The van der Waals surface area contributed by atoms with Gasteiger partial charge in [-0.3, -0.25) is 19.7 Å². The van der Waals surface area contributed by atoms with Crippen molar-refractivity contribution in [2.75, 3.05) is 6.54 Å². The Bertz CT molecular complexity index is 353. The standard InChI is InChI=1S/C14H26N2O4/c1-8(2)6-11(14(19)20)15-7-12(18)16-13(9(3)4)10(5)17/h8-9,11,13,15H,6-7H2,1-5H3,(H,16,18)(H,19,20). The van der Waals surface area contributed by atoms with Gasteiger partial charge in [0.2, 0.25) is 5.91 Å². The summed E-state index contributed by atoms with van der Waals surface area (Å²) in [5, 5.41) is 14.4. The smallest absolute Gasteiger partial charge is 0.320 e. The molecule has 0 aromatic rings. The maximum Gasteiger partial charge on any atom is 0.320 e. The first-order chi connectivity index (χ1) is 9.15. The Hall–Kier alpha value is -1.43. The van der Waals surface area contributed by atoms with Crippen LogP contribution in [-0.2, 0) is 14.4 Å². The molecule has 0 spiro atoms. The third-order valence-corrected chi connectivity index (χ3v) is 2.94. The molecule has 6 heteroatoms. The summed E-state index contributed by atoms with van der Waals surface area (Å²) in [5.74, 6) is -1.23. The first-order valence-electron chi connectivity index (χ1n) is 6.91. The van der Waals surface area contributed by atoms with Crippen molar-refractivity contribution in [3.05, 3.63) is 0 Å². The lowest BCUT2D eigenvalue weighted by Crippen LogP contribution is -2.49. The van der Waals surface area contributed by atoms with Gasteiger partial charge in [0.15, 0.2) is 5.78 Å². The van der Waals surface area contributed by atoms with E-state index in [1.54, 1.807) is 0 Å². The van der Waals surface area contributed by atoms with E-state index in [9.17, 15) is 14.4 Å². The van der Waals surface area contributed by atoms with E-state index >= 15 is 0 Å². The highest BCUT2D eigenvalue weighted by atomic mass is 16.4. The molecular weight excluding hydrogens is 260 g/mol. The normalized spacial score (nSPS) is 14.2. The summed E-state index contributed by atoms with van der Waals surface area (Å²) < 4.78 is 0. The van der Waals surface area contributed by atoms with E-state index in [2.05, 4.69) is 10.6 Å². The van der Waals surface area contributed by atoms with Crippen LogP contribution in [0.2, 0.25) is 0 Å². The quantitative estimate of drug-likeness (QED) is 0.583. The molecule has 6 nitrogen and oxygen atoms in total. The van der Waals surface area contributed by atoms with E-state index in [1.807, 2.05) is 27.7 Å². The van der Waals surface area contributed by atoms with Gasteiger partial charge in [0, 0.05) is 0 Å². The highest BCUT2D eigenvalue weighted by molar-refractivity contribution is 5.88. The molecule has 0 aromatic carbocycles. The van der Waals surface area contributed by atoms with Gasteiger partial charge in [-0.1, -0.05) is 27.7 Å². The molecule has 0 aliphatic heterocycles. The van der Waals surface area contributed by atoms with Crippen LogP contribution in [0, 0.1) is 11.8 Å². The van der Waals surface area contributed by atoms with Gasteiger partial charge >= 0.3 is 5.97 Å². The lowest BCUT2D eigenvalue weighted by molar-refractivity contribution is -0.140. The Kier molecular flexibility index (Phi) is 8.06. The van der Waals surface area contributed by atoms with Crippen molar-refractivity contribution in [1.29, 1.82) is 0 Å². The second-order valence-electron chi connectivity index (χ2n) is 5.80. The van der Waals surface area contributed by atoms with Crippen molar-refractivity contribution in [3.8, 4) is 0 Å². The van der Waals surface area contributed by atoms with Gasteiger partial charge in [-0.05, 0) is 25.2 Å². The zero-order valence-corrected chi connectivity index (χ0v) is 12.9. The van der Waals surface area contributed by atoms with E-state index in [0.717, 1.165) is 0 Å². The van der Waals surface area contributed by atoms with Gasteiger partial charge in [-0.2, -0.15) is 0 Å². The molecule has 0 rings (SSSR count). The molecule has 3 N–H and O–H groups in total. The largest absolute Gasteiger partial charge is 0.480 e. The maximum atomic E-state index is 11.8. The molecule has 0 fully saturated rings. The van der Waals surface area contributed by atoms with Gasteiger partial charge < -0.3 is 10.4 Å². The van der Waals surface area contributed by atoms with Crippen molar-refractivity contribution in [2.24, 2.45) is 11.8 Å². The number of amides is 1. The first-order valence-corrected chi connectivity index (χ1v) is 6.91. The number of ketones is 1. The molecule has 20 heavy (non-hydrogen) atoms. The van der Waals surface area contributed by atoms with Crippen LogP contribution in [-0.4, -0.2) is 41.4 Å². The molecular formula is C14H26N2O4. The number of carbonyl (C=O) groups is 3. The van der Waals surface area contributed by atoms with Crippen molar-refractivity contribution < 1.29 is 19.5 Å². The maximum absolute atomic E-state index is 11.8. The Balaban J connectivity index is 4.38. The average Bonchev–Trinajstić information content (AvgIpc) is 2.29. The molecule has 0 radical (unpaired) electrons. The van der Waals surface area contributed by atoms with Gasteiger partial charge in [-0.25, -0.2) is 0 Å². The molecule has 0 aromatic heterocycles. The molecule has 0 bridgehead atoms. The molecule has 2 unspecified atom stereocenters. The van der Waals surface area contributed by atoms with Crippen LogP contribution < -0.4 is 10.6 Å². The fourth-order valence-electron chi connectivity index (χ4n) is 1.92. The molecule has 2 atom stereocenters. The molecule has 116 valence electrons. The second-order valence-corrected chi connectivity index (χ2v) is 5.80. The Labute approximate surface area is 120 Å². The van der Waals surface area contributed by atoms with Crippen LogP contribution in [0.5, 0.6) is 0 Å². The van der Waals surface area contributed by atoms with Crippen LogP contribution in [0.15, 0.2) is 0 Å². The number of rotatable bonds is 9. The highest BCUT2D eigenvalue weighted by Gasteiger charge is 2.22.